The summed E-state index contributed by atoms with van der Waals surface area (Å²) in [7, 11) is -2.36. The maximum absolute atomic E-state index is 13.3. The summed E-state index contributed by atoms with van der Waals surface area (Å²) >= 11 is 0. The molecular weight excluding hydrogens is 376 g/mol. The van der Waals surface area contributed by atoms with Gasteiger partial charge in [-0.25, -0.2) is 8.42 Å². The molecule has 0 unspecified atom stereocenters. The van der Waals surface area contributed by atoms with Gasteiger partial charge in [-0.05, 0) is 56.2 Å². The number of methoxy groups -OCH3 is 1. The van der Waals surface area contributed by atoms with E-state index in [-0.39, 0.29) is 23.4 Å². The number of hydrogen-bond acceptors (Lipinski definition) is 4. The lowest BCUT2D eigenvalue weighted by Crippen LogP contribution is -2.44. The third-order valence-electron chi connectivity index (χ3n) is 4.61. The molecule has 0 radical (unpaired) electrons. The lowest BCUT2D eigenvalue weighted by atomic mass is 10.2. The second kappa shape index (κ2) is 9.59. The Bertz CT molecular complexity index is 874. The highest BCUT2D eigenvalue weighted by molar-refractivity contribution is 7.92. The molecule has 0 heterocycles. The van der Waals surface area contributed by atoms with Gasteiger partial charge in [0.25, 0.3) is 10.0 Å². The standard InChI is InChI=1S/C21H28N2O4S/c1-5-17(6-2)22-21(24)15-23(18-9-11-19(27-4)12-10-18)28(25,26)20-13-7-16(3)8-14-20/h7-14,17H,5-6,15H2,1-4H3,(H,22,24). The van der Waals surface area contributed by atoms with Crippen molar-refractivity contribution in [3.63, 3.8) is 0 Å². The average molecular weight is 405 g/mol. The van der Waals surface area contributed by atoms with Crippen LogP contribution in [0.5, 0.6) is 5.75 Å². The van der Waals surface area contributed by atoms with Crippen molar-refractivity contribution in [2.24, 2.45) is 0 Å². The minimum Gasteiger partial charge on any atom is -0.497 e. The molecule has 0 aliphatic rings. The molecule has 0 bridgehead atoms. The van der Waals surface area contributed by atoms with E-state index in [4.69, 9.17) is 4.74 Å². The number of hydrogen-bond donors (Lipinski definition) is 1. The van der Waals surface area contributed by atoms with Crippen LogP contribution in [0.2, 0.25) is 0 Å². The Morgan fingerprint density at radius 3 is 2.11 bits per heavy atom. The molecule has 28 heavy (non-hydrogen) atoms. The number of aryl methyl sites for hydroxylation is 1. The summed E-state index contributed by atoms with van der Waals surface area (Å²) in [5.74, 6) is 0.276. The molecule has 2 rings (SSSR count). The number of nitrogens with zero attached hydrogens (tertiary/aromatic N) is 1. The number of ether oxygens (including phenoxy) is 1. The first-order valence-corrected chi connectivity index (χ1v) is 10.8. The molecule has 0 aliphatic carbocycles. The van der Waals surface area contributed by atoms with Gasteiger partial charge in [0.1, 0.15) is 12.3 Å². The van der Waals surface area contributed by atoms with E-state index in [1.54, 1.807) is 55.6 Å². The zero-order chi connectivity index (χ0) is 20.7. The molecule has 7 heteroatoms. The van der Waals surface area contributed by atoms with Crippen LogP contribution in [-0.4, -0.2) is 34.0 Å². The van der Waals surface area contributed by atoms with Crippen molar-refractivity contribution in [3.05, 3.63) is 54.1 Å². The van der Waals surface area contributed by atoms with Gasteiger partial charge in [0.15, 0.2) is 0 Å². The molecule has 0 saturated carbocycles. The SMILES string of the molecule is CCC(CC)NC(=O)CN(c1ccc(OC)cc1)S(=O)(=O)c1ccc(C)cc1. The summed E-state index contributed by atoms with van der Waals surface area (Å²) in [6.07, 6.45) is 1.57. The lowest BCUT2D eigenvalue weighted by molar-refractivity contribution is -0.120. The zero-order valence-corrected chi connectivity index (χ0v) is 17.6. The van der Waals surface area contributed by atoms with Crippen LogP contribution in [0.15, 0.2) is 53.4 Å². The highest BCUT2D eigenvalue weighted by atomic mass is 32.2. The molecule has 0 saturated heterocycles. The van der Waals surface area contributed by atoms with Gasteiger partial charge in [-0.3, -0.25) is 9.10 Å². The van der Waals surface area contributed by atoms with E-state index in [0.717, 1.165) is 22.7 Å². The summed E-state index contributed by atoms with van der Waals surface area (Å²) in [6, 6.07) is 13.2. The largest absolute Gasteiger partial charge is 0.497 e. The van der Waals surface area contributed by atoms with E-state index >= 15 is 0 Å². The van der Waals surface area contributed by atoms with E-state index in [1.807, 2.05) is 20.8 Å². The first-order valence-electron chi connectivity index (χ1n) is 9.34. The van der Waals surface area contributed by atoms with Gasteiger partial charge in [-0.2, -0.15) is 0 Å². The maximum Gasteiger partial charge on any atom is 0.264 e. The number of carbonyl (C=O) groups is 1. The Morgan fingerprint density at radius 1 is 1.04 bits per heavy atom. The molecule has 0 fully saturated rings. The van der Waals surface area contributed by atoms with Gasteiger partial charge in [-0.1, -0.05) is 31.5 Å². The number of carbonyl (C=O) groups excluding carboxylic acids is 1. The first-order chi connectivity index (χ1) is 13.3. The summed E-state index contributed by atoms with van der Waals surface area (Å²) in [4.78, 5) is 12.7. The smallest absolute Gasteiger partial charge is 0.264 e. The second-order valence-corrected chi connectivity index (χ2v) is 8.47. The van der Waals surface area contributed by atoms with Crippen LogP contribution in [0, 0.1) is 6.92 Å². The number of amides is 1. The Morgan fingerprint density at radius 2 is 1.61 bits per heavy atom. The van der Waals surface area contributed by atoms with Crippen LogP contribution in [-0.2, 0) is 14.8 Å². The lowest BCUT2D eigenvalue weighted by Gasteiger charge is -2.25. The van der Waals surface area contributed by atoms with Gasteiger partial charge >= 0.3 is 0 Å². The Balaban J connectivity index is 2.40. The van der Waals surface area contributed by atoms with E-state index in [1.165, 1.54) is 0 Å². The second-order valence-electron chi connectivity index (χ2n) is 6.60. The van der Waals surface area contributed by atoms with Crippen LogP contribution in [0.3, 0.4) is 0 Å². The van der Waals surface area contributed by atoms with Crippen LogP contribution < -0.4 is 14.4 Å². The predicted molar refractivity (Wildman–Crippen MR) is 111 cm³/mol. The fraction of sp³-hybridized carbons (Fsp3) is 0.381. The minimum absolute atomic E-state index is 0.0206. The number of rotatable bonds is 9. The molecular formula is C21H28N2O4S. The Kier molecular flexibility index (Phi) is 7.45. The normalized spacial score (nSPS) is 11.3. The highest BCUT2D eigenvalue weighted by Crippen LogP contribution is 2.26. The molecule has 0 atom stereocenters. The van der Waals surface area contributed by atoms with Crippen molar-refractivity contribution in [1.82, 2.24) is 5.32 Å². The highest BCUT2D eigenvalue weighted by Gasteiger charge is 2.27. The zero-order valence-electron chi connectivity index (χ0n) is 16.8. The number of anilines is 1. The summed E-state index contributed by atoms with van der Waals surface area (Å²) in [5.41, 5.74) is 1.36. The average Bonchev–Trinajstić information content (AvgIpc) is 2.70. The predicted octanol–water partition coefficient (Wildman–Crippen LogP) is 3.50. The fourth-order valence-electron chi connectivity index (χ4n) is 2.80. The monoisotopic (exact) mass is 404 g/mol. The van der Waals surface area contributed by atoms with Crippen molar-refractivity contribution >= 4 is 21.6 Å². The molecule has 0 aliphatic heterocycles. The van der Waals surface area contributed by atoms with Crippen molar-refractivity contribution in [3.8, 4) is 5.75 Å². The van der Waals surface area contributed by atoms with Gasteiger partial charge in [-0.15, -0.1) is 0 Å². The van der Waals surface area contributed by atoms with Gasteiger partial charge in [0.05, 0.1) is 17.7 Å². The van der Waals surface area contributed by atoms with Crippen molar-refractivity contribution in [1.29, 1.82) is 0 Å². The van der Waals surface area contributed by atoms with Gasteiger partial charge in [0, 0.05) is 6.04 Å². The quantitative estimate of drug-likeness (QED) is 0.694. The number of benzene rings is 2. The van der Waals surface area contributed by atoms with Crippen molar-refractivity contribution in [2.75, 3.05) is 18.0 Å². The molecule has 152 valence electrons. The Labute approximate surface area is 167 Å². The Hall–Kier alpha value is -2.54. The van der Waals surface area contributed by atoms with Crippen LogP contribution >= 0.6 is 0 Å². The van der Waals surface area contributed by atoms with Crippen LogP contribution in [0.25, 0.3) is 0 Å². The number of nitrogens with one attached hydrogen (secondary N) is 1. The molecule has 2 aromatic carbocycles. The molecule has 1 N–H and O–H groups in total. The fourth-order valence-corrected chi connectivity index (χ4v) is 4.22. The van der Waals surface area contributed by atoms with Gasteiger partial charge in [0.2, 0.25) is 5.91 Å². The van der Waals surface area contributed by atoms with Crippen molar-refractivity contribution < 1.29 is 17.9 Å². The first kappa shape index (κ1) is 21.8. The van der Waals surface area contributed by atoms with Crippen molar-refractivity contribution in [2.45, 2.75) is 44.6 Å². The third kappa shape index (κ3) is 5.25. The van der Waals surface area contributed by atoms with E-state index in [0.29, 0.717) is 11.4 Å². The maximum atomic E-state index is 13.3. The van der Waals surface area contributed by atoms with Gasteiger partial charge < -0.3 is 10.1 Å². The molecule has 0 aromatic heterocycles. The summed E-state index contributed by atoms with van der Waals surface area (Å²) in [6.45, 7) is 5.57. The topological polar surface area (TPSA) is 75.7 Å². The van der Waals surface area contributed by atoms with E-state index < -0.39 is 10.0 Å². The molecule has 1 amide bonds. The molecule has 2 aromatic rings. The summed E-state index contributed by atoms with van der Waals surface area (Å²) < 4.78 is 32.8. The molecule has 0 spiro atoms. The van der Waals surface area contributed by atoms with Crippen LogP contribution in [0.1, 0.15) is 32.3 Å². The minimum atomic E-state index is -3.90. The third-order valence-corrected chi connectivity index (χ3v) is 6.40. The van der Waals surface area contributed by atoms with Crippen LogP contribution in [0.4, 0.5) is 5.69 Å². The van der Waals surface area contributed by atoms with E-state index in [9.17, 15) is 13.2 Å². The molecule has 6 nitrogen and oxygen atoms in total. The summed E-state index contributed by atoms with van der Waals surface area (Å²) in [5, 5.41) is 2.90. The number of sulfonamides is 1. The van der Waals surface area contributed by atoms with E-state index in [2.05, 4.69) is 5.32 Å².